The number of carbonyl (C=O) groups excluding carboxylic acids is 1. The fourth-order valence-electron chi connectivity index (χ4n) is 1.95. The Bertz CT molecular complexity index is 795. The average Bonchev–Trinajstić information content (AvgIpc) is 3.14. The summed E-state index contributed by atoms with van der Waals surface area (Å²) in [6.45, 7) is 1.87. The normalized spacial score (nSPS) is 10.5. The lowest BCUT2D eigenvalue weighted by Gasteiger charge is -2.00. The van der Waals surface area contributed by atoms with Crippen LogP contribution in [0.3, 0.4) is 0 Å². The number of methoxy groups -OCH3 is 1. The predicted octanol–water partition coefficient (Wildman–Crippen LogP) is 2.90. The van der Waals surface area contributed by atoms with E-state index in [9.17, 15) is 4.79 Å². The molecule has 7 heteroatoms. The second kappa shape index (κ2) is 5.98. The summed E-state index contributed by atoms with van der Waals surface area (Å²) >= 11 is 1.37. The molecule has 0 saturated carbocycles. The van der Waals surface area contributed by atoms with Crippen molar-refractivity contribution in [2.45, 2.75) is 6.92 Å². The quantitative estimate of drug-likeness (QED) is 0.804. The SMILES string of the molecule is COc1cn(-c2ccccc2)nc1C(=O)Nc1nc(C)cs1. The van der Waals surface area contributed by atoms with E-state index in [0.29, 0.717) is 10.9 Å². The number of ether oxygens (including phenoxy) is 1. The Morgan fingerprint density at radius 1 is 1.32 bits per heavy atom. The molecule has 3 aromatic rings. The highest BCUT2D eigenvalue weighted by molar-refractivity contribution is 7.13. The number of anilines is 1. The zero-order valence-electron chi connectivity index (χ0n) is 12.1. The first kappa shape index (κ1) is 14.3. The highest BCUT2D eigenvalue weighted by Gasteiger charge is 2.19. The number of aryl methyl sites for hydroxylation is 1. The number of carbonyl (C=O) groups is 1. The largest absolute Gasteiger partial charge is 0.493 e. The van der Waals surface area contributed by atoms with Gasteiger partial charge in [-0.25, -0.2) is 9.67 Å². The molecule has 0 saturated heterocycles. The van der Waals surface area contributed by atoms with Gasteiger partial charge in [-0.3, -0.25) is 10.1 Å². The summed E-state index contributed by atoms with van der Waals surface area (Å²) in [6.07, 6.45) is 1.68. The van der Waals surface area contributed by atoms with E-state index >= 15 is 0 Å². The molecular formula is C15H14N4O2S. The van der Waals surface area contributed by atoms with Gasteiger partial charge in [0.25, 0.3) is 5.91 Å². The van der Waals surface area contributed by atoms with Gasteiger partial charge in [0.15, 0.2) is 16.6 Å². The molecule has 1 amide bonds. The lowest BCUT2D eigenvalue weighted by atomic mass is 10.3. The molecule has 0 fully saturated rings. The van der Waals surface area contributed by atoms with Gasteiger partial charge in [-0.15, -0.1) is 11.3 Å². The Balaban J connectivity index is 1.89. The van der Waals surface area contributed by atoms with Gasteiger partial charge in [-0.2, -0.15) is 5.10 Å². The Labute approximate surface area is 131 Å². The summed E-state index contributed by atoms with van der Waals surface area (Å²) in [5, 5.41) is 9.45. The van der Waals surface area contributed by atoms with Gasteiger partial charge in [-0.1, -0.05) is 18.2 Å². The summed E-state index contributed by atoms with van der Waals surface area (Å²) in [5.74, 6) is 0.0653. The van der Waals surface area contributed by atoms with Crippen molar-refractivity contribution in [3.63, 3.8) is 0 Å². The van der Waals surface area contributed by atoms with Crippen LogP contribution in [0.4, 0.5) is 5.13 Å². The summed E-state index contributed by atoms with van der Waals surface area (Å²) in [5.41, 5.74) is 1.94. The number of rotatable bonds is 4. The van der Waals surface area contributed by atoms with Gasteiger partial charge in [0.2, 0.25) is 0 Å². The molecule has 2 heterocycles. The van der Waals surface area contributed by atoms with E-state index in [1.807, 2.05) is 42.6 Å². The van der Waals surface area contributed by atoms with E-state index in [1.165, 1.54) is 18.4 Å². The third-order valence-electron chi connectivity index (χ3n) is 2.98. The van der Waals surface area contributed by atoms with Crippen LogP contribution < -0.4 is 10.1 Å². The van der Waals surface area contributed by atoms with Crippen molar-refractivity contribution in [1.82, 2.24) is 14.8 Å². The minimum atomic E-state index is -0.346. The van der Waals surface area contributed by atoms with Gasteiger partial charge < -0.3 is 4.74 Å². The number of amides is 1. The predicted molar refractivity (Wildman–Crippen MR) is 84.9 cm³/mol. The van der Waals surface area contributed by atoms with Gasteiger partial charge in [0.05, 0.1) is 24.7 Å². The Morgan fingerprint density at radius 2 is 2.09 bits per heavy atom. The average molecular weight is 314 g/mol. The second-order valence-electron chi connectivity index (χ2n) is 4.57. The van der Waals surface area contributed by atoms with Crippen molar-refractivity contribution in [3.8, 4) is 11.4 Å². The molecule has 112 valence electrons. The van der Waals surface area contributed by atoms with Crippen molar-refractivity contribution >= 4 is 22.4 Å². The first-order chi connectivity index (χ1) is 10.7. The van der Waals surface area contributed by atoms with E-state index in [4.69, 9.17) is 4.74 Å². The third kappa shape index (κ3) is 2.84. The maximum atomic E-state index is 12.3. The standard InChI is InChI=1S/C15H14N4O2S/c1-10-9-22-15(16-10)17-14(20)13-12(21-2)8-19(18-13)11-6-4-3-5-7-11/h3-9H,1-2H3,(H,16,17,20). The van der Waals surface area contributed by atoms with Gasteiger partial charge in [0, 0.05) is 5.38 Å². The molecule has 0 aliphatic heterocycles. The molecule has 0 spiro atoms. The number of aromatic nitrogens is 3. The fraction of sp³-hybridized carbons (Fsp3) is 0.133. The Kier molecular flexibility index (Phi) is 3.88. The number of hydrogen-bond donors (Lipinski definition) is 1. The first-order valence-corrected chi connectivity index (χ1v) is 7.48. The van der Waals surface area contributed by atoms with Gasteiger partial charge in [-0.05, 0) is 19.1 Å². The van der Waals surface area contributed by atoms with Crippen LogP contribution in [0.1, 0.15) is 16.2 Å². The summed E-state index contributed by atoms with van der Waals surface area (Å²) in [7, 11) is 1.51. The van der Waals surface area contributed by atoms with E-state index in [-0.39, 0.29) is 11.6 Å². The third-order valence-corrected chi connectivity index (χ3v) is 3.85. The topological polar surface area (TPSA) is 69.0 Å². The van der Waals surface area contributed by atoms with E-state index < -0.39 is 0 Å². The summed E-state index contributed by atoms with van der Waals surface area (Å²) < 4.78 is 6.86. The molecule has 1 N–H and O–H groups in total. The smallest absolute Gasteiger partial charge is 0.281 e. The van der Waals surface area contributed by atoms with Crippen LogP contribution in [0.5, 0.6) is 5.75 Å². The van der Waals surface area contributed by atoms with Gasteiger partial charge >= 0.3 is 0 Å². The molecule has 1 aromatic carbocycles. The maximum Gasteiger partial charge on any atom is 0.281 e. The zero-order chi connectivity index (χ0) is 15.5. The minimum absolute atomic E-state index is 0.221. The molecule has 22 heavy (non-hydrogen) atoms. The molecule has 0 aliphatic carbocycles. The van der Waals surface area contributed by atoms with Crippen LogP contribution >= 0.6 is 11.3 Å². The minimum Gasteiger partial charge on any atom is -0.493 e. The number of para-hydroxylation sites is 1. The second-order valence-corrected chi connectivity index (χ2v) is 5.43. The fourth-order valence-corrected chi connectivity index (χ4v) is 2.63. The van der Waals surface area contributed by atoms with Crippen LogP contribution in [-0.4, -0.2) is 27.8 Å². The zero-order valence-corrected chi connectivity index (χ0v) is 12.9. The van der Waals surface area contributed by atoms with E-state index in [0.717, 1.165) is 11.4 Å². The number of hydrogen-bond acceptors (Lipinski definition) is 5. The molecular weight excluding hydrogens is 300 g/mol. The van der Waals surface area contributed by atoms with Gasteiger partial charge in [0.1, 0.15) is 0 Å². The lowest BCUT2D eigenvalue weighted by molar-refractivity contribution is 0.101. The number of nitrogens with one attached hydrogen (secondary N) is 1. The monoisotopic (exact) mass is 314 g/mol. The van der Waals surface area contributed by atoms with Crippen LogP contribution in [0.15, 0.2) is 41.9 Å². The highest BCUT2D eigenvalue weighted by atomic mass is 32.1. The van der Waals surface area contributed by atoms with Crippen molar-refractivity contribution in [2.75, 3.05) is 12.4 Å². The van der Waals surface area contributed by atoms with Crippen LogP contribution in [0, 0.1) is 6.92 Å². The molecule has 0 atom stereocenters. The van der Waals surface area contributed by atoms with Crippen LogP contribution in [0.25, 0.3) is 5.69 Å². The van der Waals surface area contributed by atoms with E-state index in [2.05, 4.69) is 15.4 Å². The van der Waals surface area contributed by atoms with Crippen molar-refractivity contribution in [2.24, 2.45) is 0 Å². The van der Waals surface area contributed by atoms with Crippen LogP contribution in [-0.2, 0) is 0 Å². The van der Waals surface area contributed by atoms with Crippen molar-refractivity contribution in [3.05, 3.63) is 53.3 Å². The van der Waals surface area contributed by atoms with Crippen molar-refractivity contribution < 1.29 is 9.53 Å². The van der Waals surface area contributed by atoms with Crippen molar-refractivity contribution in [1.29, 1.82) is 0 Å². The molecule has 0 unspecified atom stereocenters. The molecule has 0 aliphatic rings. The molecule has 0 bridgehead atoms. The van der Waals surface area contributed by atoms with Crippen LogP contribution in [0.2, 0.25) is 0 Å². The molecule has 2 aromatic heterocycles. The van der Waals surface area contributed by atoms with E-state index in [1.54, 1.807) is 10.9 Å². The molecule has 0 radical (unpaired) electrons. The summed E-state index contributed by atoms with van der Waals surface area (Å²) in [6, 6.07) is 9.53. The summed E-state index contributed by atoms with van der Waals surface area (Å²) in [4.78, 5) is 16.6. The lowest BCUT2D eigenvalue weighted by Crippen LogP contribution is -2.14. The number of nitrogens with zero attached hydrogens (tertiary/aromatic N) is 3. The number of thiazole rings is 1. The number of benzene rings is 1. The first-order valence-electron chi connectivity index (χ1n) is 6.60. The molecule has 3 rings (SSSR count). The Morgan fingerprint density at radius 3 is 2.73 bits per heavy atom. The maximum absolute atomic E-state index is 12.3. The Hall–Kier alpha value is -2.67. The highest BCUT2D eigenvalue weighted by Crippen LogP contribution is 2.22. The molecule has 6 nitrogen and oxygen atoms in total.